The van der Waals surface area contributed by atoms with Gasteiger partial charge < -0.3 is 4.74 Å². The fourth-order valence-electron chi connectivity index (χ4n) is 1.15. The third kappa shape index (κ3) is 3.54. The highest BCUT2D eigenvalue weighted by Gasteiger charge is 1.91. The van der Waals surface area contributed by atoms with E-state index >= 15 is 0 Å². The van der Waals surface area contributed by atoms with Crippen LogP contribution >= 0.6 is 0 Å². The lowest BCUT2D eigenvalue weighted by atomic mass is 10.1. The molecule has 0 amide bonds. The molecule has 1 heteroatoms. The van der Waals surface area contributed by atoms with Crippen molar-refractivity contribution in [2.45, 2.75) is 19.3 Å². The van der Waals surface area contributed by atoms with Gasteiger partial charge in [-0.25, -0.2) is 0 Å². The molecule has 1 rings (SSSR count). The fraction of sp³-hybridized carbons (Fsp3) is 0.455. The first-order valence-electron chi connectivity index (χ1n) is 4.38. The molecular weight excluding hydrogens is 148 g/mol. The van der Waals surface area contributed by atoms with Gasteiger partial charge in [-0.2, -0.15) is 0 Å². The molecule has 65 valence electrons. The van der Waals surface area contributed by atoms with Crippen LogP contribution in [0.4, 0.5) is 0 Å². The average molecular weight is 163 g/mol. The van der Waals surface area contributed by atoms with Gasteiger partial charge in [0.1, 0.15) is 0 Å². The van der Waals surface area contributed by atoms with E-state index in [1.54, 1.807) is 7.11 Å². The summed E-state index contributed by atoms with van der Waals surface area (Å²) in [6.07, 6.45) is 3.44. The zero-order valence-corrected chi connectivity index (χ0v) is 7.55. The molecule has 0 aliphatic rings. The molecule has 0 aromatic heterocycles. The van der Waals surface area contributed by atoms with Crippen molar-refractivity contribution < 1.29 is 4.74 Å². The van der Waals surface area contributed by atoms with Gasteiger partial charge in [0.05, 0.1) is 0 Å². The van der Waals surface area contributed by atoms with Crippen molar-refractivity contribution >= 4 is 0 Å². The second-order valence-electron chi connectivity index (χ2n) is 2.84. The van der Waals surface area contributed by atoms with E-state index in [-0.39, 0.29) is 0 Å². The van der Waals surface area contributed by atoms with E-state index < -0.39 is 0 Å². The van der Waals surface area contributed by atoms with Crippen LogP contribution in [0.3, 0.4) is 0 Å². The second kappa shape index (κ2) is 5.78. The Balaban J connectivity index is 2.16. The van der Waals surface area contributed by atoms with Crippen LogP contribution in [0.5, 0.6) is 0 Å². The predicted octanol–water partition coefficient (Wildman–Crippen LogP) is 2.46. The largest absolute Gasteiger partial charge is 0.385 e. The molecule has 0 heterocycles. The molecule has 1 aromatic carbocycles. The summed E-state index contributed by atoms with van der Waals surface area (Å²) in [7, 11) is 1.74. The van der Waals surface area contributed by atoms with Gasteiger partial charge in [0.25, 0.3) is 0 Å². The van der Waals surface area contributed by atoms with Crippen molar-refractivity contribution in [1.29, 1.82) is 0 Å². The lowest BCUT2D eigenvalue weighted by Crippen LogP contribution is -1.91. The highest BCUT2D eigenvalue weighted by molar-refractivity contribution is 5.12. The second-order valence-corrected chi connectivity index (χ2v) is 2.84. The number of aryl methyl sites for hydroxylation is 1. The molecule has 0 spiro atoms. The lowest BCUT2D eigenvalue weighted by Gasteiger charge is -1.99. The summed E-state index contributed by atoms with van der Waals surface area (Å²) >= 11 is 0. The Morgan fingerprint density at radius 3 is 2.92 bits per heavy atom. The maximum Gasteiger partial charge on any atom is 0.0462 e. The highest BCUT2D eigenvalue weighted by atomic mass is 16.5. The number of hydrogen-bond acceptors (Lipinski definition) is 1. The summed E-state index contributed by atoms with van der Waals surface area (Å²) in [5.74, 6) is 0. The number of rotatable bonds is 5. The topological polar surface area (TPSA) is 9.23 Å². The minimum Gasteiger partial charge on any atom is -0.385 e. The van der Waals surface area contributed by atoms with Crippen LogP contribution in [-0.4, -0.2) is 13.7 Å². The summed E-state index contributed by atoms with van der Waals surface area (Å²) in [6.45, 7) is 0.868. The molecular formula is C11H15O. The van der Waals surface area contributed by atoms with Gasteiger partial charge in [-0.05, 0) is 30.9 Å². The Hall–Kier alpha value is -0.820. The van der Waals surface area contributed by atoms with Gasteiger partial charge in [-0.3, -0.25) is 0 Å². The first-order valence-corrected chi connectivity index (χ1v) is 4.38. The van der Waals surface area contributed by atoms with Crippen molar-refractivity contribution in [1.82, 2.24) is 0 Å². The fourth-order valence-corrected chi connectivity index (χ4v) is 1.15. The molecule has 0 fully saturated rings. The zero-order chi connectivity index (χ0) is 8.65. The molecule has 0 aliphatic heterocycles. The summed E-state index contributed by atoms with van der Waals surface area (Å²) in [4.78, 5) is 0. The Kier molecular flexibility index (Phi) is 4.47. The monoisotopic (exact) mass is 163 g/mol. The number of methoxy groups -OCH3 is 1. The number of unbranched alkanes of at least 4 members (excludes halogenated alkanes) is 1. The van der Waals surface area contributed by atoms with Gasteiger partial charge in [-0.1, -0.05) is 24.3 Å². The molecule has 0 saturated carbocycles. The van der Waals surface area contributed by atoms with E-state index in [9.17, 15) is 0 Å². The summed E-state index contributed by atoms with van der Waals surface area (Å²) in [5, 5.41) is 0. The third-order valence-corrected chi connectivity index (χ3v) is 1.82. The first-order chi connectivity index (χ1) is 5.93. The maximum atomic E-state index is 4.97. The molecule has 1 nitrogen and oxygen atoms in total. The van der Waals surface area contributed by atoms with Crippen LogP contribution in [0.25, 0.3) is 0 Å². The molecule has 12 heavy (non-hydrogen) atoms. The minimum atomic E-state index is 0.868. The van der Waals surface area contributed by atoms with E-state index in [1.807, 2.05) is 12.1 Å². The van der Waals surface area contributed by atoms with E-state index in [4.69, 9.17) is 4.74 Å². The van der Waals surface area contributed by atoms with Gasteiger partial charge in [0, 0.05) is 13.7 Å². The van der Waals surface area contributed by atoms with Crippen molar-refractivity contribution in [3.05, 3.63) is 35.9 Å². The van der Waals surface area contributed by atoms with Crippen molar-refractivity contribution in [2.24, 2.45) is 0 Å². The molecule has 0 bridgehead atoms. The number of hydrogen-bond donors (Lipinski definition) is 0. The number of benzene rings is 1. The molecule has 1 aromatic rings. The Morgan fingerprint density at radius 2 is 2.25 bits per heavy atom. The summed E-state index contributed by atoms with van der Waals surface area (Å²) < 4.78 is 4.97. The molecule has 0 N–H and O–H groups in total. The van der Waals surface area contributed by atoms with Crippen molar-refractivity contribution in [3.8, 4) is 0 Å². The van der Waals surface area contributed by atoms with E-state index in [1.165, 1.54) is 12.0 Å². The summed E-state index contributed by atoms with van der Waals surface area (Å²) in [5.41, 5.74) is 1.30. The molecule has 1 radical (unpaired) electrons. The Bertz CT molecular complexity index is 193. The van der Waals surface area contributed by atoms with Crippen LogP contribution in [-0.2, 0) is 11.2 Å². The minimum absolute atomic E-state index is 0.868. The van der Waals surface area contributed by atoms with Gasteiger partial charge in [0.2, 0.25) is 0 Å². The number of ether oxygens (including phenoxy) is 1. The molecule has 0 unspecified atom stereocenters. The molecule has 0 saturated heterocycles. The summed E-state index contributed by atoms with van der Waals surface area (Å²) in [6, 6.07) is 11.3. The Labute approximate surface area is 74.4 Å². The molecule has 0 aliphatic carbocycles. The smallest absolute Gasteiger partial charge is 0.0462 e. The van der Waals surface area contributed by atoms with Gasteiger partial charge >= 0.3 is 0 Å². The standard InChI is InChI=1S/C11H15O/c1-12-10-6-5-9-11-7-3-2-4-8-11/h2-4,7H,5-6,9-10H2,1H3. The third-order valence-electron chi connectivity index (χ3n) is 1.82. The zero-order valence-electron chi connectivity index (χ0n) is 7.55. The van der Waals surface area contributed by atoms with Crippen LogP contribution in [0.15, 0.2) is 24.3 Å². The Morgan fingerprint density at radius 1 is 1.33 bits per heavy atom. The maximum absolute atomic E-state index is 4.97. The van der Waals surface area contributed by atoms with Crippen LogP contribution < -0.4 is 0 Å². The lowest BCUT2D eigenvalue weighted by molar-refractivity contribution is 0.193. The quantitative estimate of drug-likeness (QED) is 0.606. The normalized spacial score (nSPS) is 10.1. The predicted molar refractivity (Wildman–Crippen MR) is 50.1 cm³/mol. The van der Waals surface area contributed by atoms with E-state index in [0.29, 0.717) is 0 Å². The highest BCUT2D eigenvalue weighted by Crippen LogP contribution is 2.03. The van der Waals surface area contributed by atoms with Crippen molar-refractivity contribution in [3.63, 3.8) is 0 Å². The SMILES string of the molecule is COCCCCc1[c]cccc1. The first kappa shape index (κ1) is 9.27. The average Bonchev–Trinajstić information content (AvgIpc) is 2.14. The van der Waals surface area contributed by atoms with Crippen LogP contribution in [0.1, 0.15) is 18.4 Å². The molecule has 0 atom stereocenters. The van der Waals surface area contributed by atoms with E-state index in [0.717, 1.165) is 19.4 Å². The van der Waals surface area contributed by atoms with Crippen LogP contribution in [0, 0.1) is 6.07 Å². The van der Waals surface area contributed by atoms with Gasteiger partial charge in [-0.15, -0.1) is 0 Å². The van der Waals surface area contributed by atoms with Crippen LogP contribution in [0.2, 0.25) is 0 Å². The van der Waals surface area contributed by atoms with Crippen molar-refractivity contribution in [2.75, 3.05) is 13.7 Å². The van der Waals surface area contributed by atoms with E-state index in [2.05, 4.69) is 18.2 Å². The van der Waals surface area contributed by atoms with Gasteiger partial charge in [0.15, 0.2) is 0 Å².